The van der Waals surface area contributed by atoms with Crippen LogP contribution in [0, 0.1) is 11.7 Å². The third-order valence-corrected chi connectivity index (χ3v) is 6.96. The fraction of sp³-hybridized carbons (Fsp3) is 0.611. The molecule has 1 aliphatic rings. The summed E-state index contributed by atoms with van der Waals surface area (Å²) in [6, 6.07) is 1.92. The molecule has 1 saturated carbocycles. The molecule has 1 aromatic rings. The molecule has 0 N–H and O–H groups in total. The third-order valence-electron chi connectivity index (χ3n) is 4.92. The van der Waals surface area contributed by atoms with E-state index in [9.17, 15) is 30.8 Å². The molecule has 158 valence electrons. The zero-order valence-corrected chi connectivity index (χ0v) is 16.8. The number of hydrogen-bond acceptors (Lipinski definition) is 3. The molecule has 1 aliphatic carbocycles. The molecule has 28 heavy (non-hydrogen) atoms. The topological polar surface area (TPSA) is 57.7 Å². The molecule has 1 amide bonds. The Morgan fingerprint density at radius 2 is 1.79 bits per heavy atom. The zero-order valence-electron chi connectivity index (χ0n) is 16.0. The first-order valence-corrected chi connectivity index (χ1v) is 10.5. The molecule has 5 nitrogen and oxygen atoms in total. The van der Waals surface area contributed by atoms with Crippen molar-refractivity contribution in [1.82, 2.24) is 9.21 Å². The Morgan fingerprint density at radius 3 is 2.25 bits per heavy atom. The largest absolute Gasteiger partial charge is 0.406 e. The molecule has 0 unspecified atom stereocenters. The van der Waals surface area contributed by atoms with E-state index in [2.05, 4.69) is 0 Å². The number of benzene rings is 1. The lowest BCUT2D eigenvalue weighted by molar-refractivity contribution is -0.144. The highest BCUT2D eigenvalue weighted by Crippen LogP contribution is 2.37. The number of rotatable bonds is 8. The number of alkyl halides is 3. The Kier molecular flexibility index (Phi) is 6.75. The van der Waals surface area contributed by atoms with E-state index < -0.39 is 46.1 Å². The van der Waals surface area contributed by atoms with Crippen molar-refractivity contribution in [3.63, 3.8) is 0 Å². The normalized spacial score (nSPS) is 16.3. The quantitative estimate of drug-likeness (QED) is 0.599. The molecule has 0 radical (unpaired) electrons. The number of sulfonamides is 1. The van der Waals surface area contributed by atoms with E-state index in [0.29, 0.717) is 17.7 Å². The first-order chi connectivity index (χ1) is 12.9. The fourth-order valence-electron chi connectivity index (χ4n) is 3.12. The van der Waals surface area contributed by atoms with Crippen LogP contribution in [-0.4, -0.2) is 55.4 Å². The van der Waals surface area contributed by atoms with E-state index in [-0.39, 0.29) is 23.9 Å². The Morgan fingerprint density at radius 1 is 1.21 bits per heavy atom. The van der Waals surface area contributed by atoms with Crippen LogP contribution < -0.4 is 0 Å². The number of halogens is 4. The smallest absolute Gasteiger partial charge is 0.326 e. The van der Waals surface area contributed by atoms with Gasteiger partial charge in [-0.2, -0.15) is 17.5 Å². The summed E-state index contributed by atoms with van der Waals surface area (Å²) in [7, 11) is -3.99. The molecule has 0 aromatic heterocycles. The van der Waals surface area contributed by atoms with E-state index in [1.807, 2.05) is 0 Å². The van der Waals surface area contributed by atoms with Crippen molar-refractivity contribution >= 4 is 15.9 Å². The maximum atomic E-state index is 14.3. The minimum absolute atomic E-state index is 0.0723. The molecular weight excluding hydrogens is 400 g/mol. The summed E-state index contributed by atoms with van der Waals surface area (Å²) in [5.74, 6) is -2.29. The molecule has 1 aromatic carbocycles. The van der Waals surface area contributed by atoms with Crippen molar-refractivity contribution in [2.45, 2.75) is 50.7 Å². The SMILES string of the molecule is CCN(CC)S(=O)(=O)c1ccc(F)c(C(=O)N(CC(F)(F)F)[C@H](C)C2CC2)c1. The predicted octanol–water partition coefficient (Wildman–Crippen LogP) is 3.66. The summed E-state index contributed by atoms with van der Waals surface area (Å²) < 4.78 is 79.7. The van der Waals surface area contributed by atoms with Gasteiger partial charge in [0, 0.05) is 19.1 Å². The highest BCUT2D eigenvalue weighted by Gasteiger charge is 2.41. The Bertz CT molecular complexity index is 819. The summed E-state index contributed by atoms with van der Waals surface area (Å²) in [6.45, 7) is 3.56. The average Bonchev–Trinajstić information content (AvgIpc) is 3.44. The second kappa shape index (κ2) is 8.36. The van der Waals surface area contributed by atoms with Crippen LogP contribution in [0.25, 0.3) is 0 Å². The van der Waals surface area contributed by atoms with Gasteiger partial charge >= 0.3 is 6.18 Å². The first kappa shape index (κ1) is 22.6. The number of carbonyl (C=O) groups excluding carboxylic acids is 1. The van der Waals surface area contributed by atoms with Gasteiger partial charge in [0.2, 0.25) is 10.0 Å². The first-order valence-electron chi connectivity index (χ1n) is 9.09. The number of nitrogens with zero attached hydrogens (tertiary/aromatic N) is 2. The van der Waals surface area contributed by atoms with Gasteiger partial charge < -0.3 is 4.90 Å². The van der Waals surface area contributed by atoms with Crippen LogP contribution in [-0.2, 0) is 10.0 Å². The lowest BCUT2D eigenvalue weighted by Crippen LogP contribution is -2.45. The molecule has 0 bridgehead atoms. The Hall–Kier alpha value is -1.68. The highest BCUT2D eigenvalue weighted by atomic mass is 32.2. The monoisotopic (exact) mass is 424 g/mol. The van der Waals surface area contributed by atoms with Gasteiger partial charge in [-0.15, -0.1) is 0 Å². The van der Waals surface area contributed by atoms with Crippen molar-refractivity contribution in [2.24, 2.45) is 5.92 Å². The van der Waals surface area contributed by atoms with Gasteiger partial charge in [0.15, 0.2) is 0 Å². The van der Waals surface area contributed by atoms with E-state index in [1.165, 1.54) is 6.92 Å². The number of hydrogen-bond donors (Lipinski definition) is 0. The van der Waals surface area contributed by atoms with Crippen LogP contribution in [0.15, 0.2) is 23.1 Å². The van der Waals surface area contributed by atoms with Gasteiger partial charge in [0.25, 0.3) is 5.91 Å². The average molecular weight is 424 g/mol. The van der Waals surface area contributed by atoms with Crippen LogP contribution >= 0.6 is 0 Å². The third kappa shape index (κ3) is 5.02. The molecule has 0 aliphatic heterocycles. The van der Waals surface area contributed by atoms with E-state index in [1.54, 1.807) is 13.8 Å². The molecule has 1 fully saturated rings. The second-order valence-electron chi connectivity index (χ2n) is 6.86. The van der Waals surface area contributed by atoms with Gasteiger partial charge in [-0.25, -0.2) is 12.8 Å². The zero-order chi connectivity index (χ0) is 21.3. The Balaban J connectivity index is 2.45. The molecule has 0 heterocycles. The molecule has 2 rings (SSSR count). The van der Waals surface area contributed by atoms with Crippen LogP contribution in [0.5, 0.6) is 0 Å². The number of carbonyl (C=O) groups is 1. The second-order valence-corrected chi connectivity index (χ2v) is 8.80. The van der Waals surface area contributed by atoms with E-state index >= 15 is 0 Å². The van der Waals surface area contributed by atoms with Crippen molar-refractivity contribution in [2.75, 3.05) is 19.6 Å². The predicted molar refractivity (Wildman–Crippen MR) is 95.8 cm³/mol. The highest BCUT2D eigenvalue weighted by molar-refractivity contribution is 7.89. The van der Waals surface area contributed by atoms with Crippen molar-refractivity contribution in [1.29, 1.82) is 0 Å². The molecule has 0 spiro atoms. The van der Waals surface area contributed by atoms with Crippen LogP contribution in [0.2, 0.25) is 0 Å². The fourth-order valence-corrected chi connectivity index (χ4v) is 4.61. The van der Waals surface area contributed by atoms with Gasteiger partial charge in [-0.05, 0) is 43.9 Å². The van der Waals surface area contributed by atoms with Gasteiger partial charge in [-0.3, -0.25) is 4.79 Å². The van der Waals surface area contributed by atoms with Crippen LogP contribution in [0.4, 0.5) is 17.6 Å². The van der Waals surface area contributed by atoms with Crippen LogP contribution in [0.3, 0.4) is 0 Å². The maximum absolute atomic E-state index is 14.3. The summed E-state index contributed by atoms with van der Waals surface area (Å²) in [5.41, 5.74) is -0.676. The van der Waals surface area contributed by atoms with Crippen LogP contribution in [0.1, 0.15) is 44.0 Å². The van der Waals surface area contributed by atoms with Crippen molar-refractivity contribution in [3.05, 3.63) is 29.6 Å². The molecule has 1 atom stereocenters. The molecule has 0 saturated heterocycles. The lowest BCUT2D eigenvalue weighted by atomic mass is 10.1. The van der Waals surface area contributed by atoms with Gasteiger partial charge in [0.05, 0.1) is 10.5 Å². The molecule has 10 heteroatoms. The lowest BCUT2D eigenvalue weighted by Gasteiger charge is -2.30. The van der Waals surface area contributed by atoms with Crippen molar-refractivity contribution < 1.29 is 30.8 Å². The maximum Gasteiger partial charge on any atom is 0.406 e. The van der Waals surface area contributed by atoms with Gasteiger partial charge in [-0.1, -0.05) is 13.8 Å². The van der Waals surface area contributed by atoms with Gasteiger partial charge in [0.1, 0.15) is 12.4 Å². The van der Waals surface area contributed by atoms with Crippen molar-refractivity contribution in [3.8, 4) is 0 Å². The number of amides is 1. The Labute approximate surface area is 162 Å². The summed E-state index contributed by atoms with van der Waals surface area (Å²) in [5, 5.41) is 0. The summed E-state index contributed by atoms with van der Waals surface area (Å²) in [6.07, 6.45) is -3.26. The summed E-state index contributed by atoms with van der Waals surface area (Å²) in [4.78, 5) is 13.0. The van der Waals surface area contributed by atoms with E-state index in [0.717, 1.165) is 22.5 Å². The standard InChI is InChI=1S/C18H24F4N2O3S/c1-4-23(5-2)28(26,27)14-8-9-16(19)15(10-14)17(25)24(11-18(20,21)22)12(3)13-6-7-13/h8-10,12-13H,4-7,11H2,1-3H3/t12-/m1/s1. The molecular formula is C18H24F4N2O3S. The van der Waals surface area contributed by atoms with E-state index in [4.69, 9.17) is 0 Å². The minimum atomic E-state index is -4.65. The minimum Gasteiger partial charge on any atom is -0.326 e. The summed E-state index contributed by atoms with van der Waals surface area (Å²) >= 11 is 0.